The van der Waals surface area contributed by atoms with Gasteiger partial charge in [0.1, 0.15) is 0 Å². The summed E-state index contributed by atoms with van der Waals surface area (Å²) >= 11 is 0. The summed E-state index contributed by atoms with van der Waals surface area (Å²) in [7, 11) is 0. The van der Waals surface area contributed by atoms with Crippen LogP contribution in [-0.4, -0.2) is 5.54 Å². The van der Waals surface area contributed by atoms with Gasteiger partial charge in [-0.3, -0.25) is 0 Å². The molecule has 1 unspecified atom stereocenters. The summed E-state index contributed by atoms with van der Waals surface area (Å²) in [4.78, 5) is 0. The molecule has 0 aliphatic heterocycles. The van der Waals surface area contributed by atoms with Gasteiger partial charge in [0.25, 0.3) is 0 Å². The average Bonchev–Trinajstić information content (AvgIpc) is 2.12. The van der Waals surface area contributed by atoms with E-state index in [1.807, 2.05) is 13.8 Å². The van der Waals surface area contributed by atoms with E-state index in [4.69, 9.17) is 11.5 Å². The zero-order valence-electron chi connectivity index (χ0n) is 10.4. The molecule has 1 aromatic carbocycles. The summed E-state index contributed by atoms with van der Waals surface area (Å²) in [5.74, 6) is 0. The number of rotatable bonds is 2. The van der Waals surface area contributed by atoms with Crippen molar-refractivity contribution in [1.82, 2.24) is 0 Å². The van der Waals surface area contributed by atoms with E-state index in [2.05, 4.69) is 32.9 Å². The largest absolute Gasteiger partial charge is 0.324 e. The van der Waals surface area contributed by atoms with Crippen molar-refractivity contribution in [3.05, 3.63) is 34.4 Å². The van der Waals surface area contributed by atoms with Gasteiger partial charge in [0.2, 0.25) is 0 Å². The van der Waals surface area contributed by atoms with E-state index >= 15 is 0 Å². The number of hydrogen-bond donors (Lipinski definition) is 2. The zero-order valence-corrected chi connectivity index (χ0v) is 10.4. The molecule has 0 spiro atoms. The van der Waals surface area contributed by atoms with E-state index in [1.165, 1.54) is 16.7 Å². The molecule has 0 saturated heterocycles. The Bertz CT molecular complexity index is 362. The lowest BCUT2D eigenvalue weighted by Gasteiger charge is -2.29. The van der Waals surface area contributed by atoms with Crippen LogP contribution >= 0.6 is 0 Å². The molecule has 0 aliphatic rings. The topological polar surface area (TPSA) is 52.0 Å². The number of nitrogens with two attached hydrogens (primary N) is 2. The molecule has 0 aromatic heterocycles. The van der Waals surface area contributed by atoms with Crippen LogP contribution < -0.4 is 11.5 Å². The van der Waals surface area contributed by atoms with Crippen LogP contribution in [0.25, 0.3) is 0 Å². The molecular weight excluding hydrogens is 184 g/mol. The third kappa shape index (κ3) is 2.39. The molecule has 1 rings (SSSR count). The number of benzene rings is 1. The molecule has 2 heteroatoms. The first-order chi connectivity index (χ1) is 6.75. The van der Waals surface area contributed by atoms with Crippen LogP contribution in [0, 0.1) is 20.8 Å². The van der Waals surface area contributed by atoms with Crippen molar-refractivity contribution in [2.45, 2.75) is 46.2 Å². The van der Waals surface area contributed by atoms with Crippen molar-refractivity contribution in [2.24, 2.45) is 11.5 Å². The van der Waals surface area contributed by atoms with Crippen LogP contribution in [0.3, 0.4) is 0 Å². The maximum atomic E-state index is 6.17. The molecule has 0 heterocycles. The molecule has 0 saturated carbocycles. The summed E-state index contributed by atoms with van der Waals surface area (Å²) in [5.41, 5.74) is 16.9. The highest BCUT2D eigenvalue weighted by atomic mass is 14.8. The Morgan fingerprint density at radius 1 is 1.07 bits per heavy atom. The summed E-state index contributed by atoms with van der Waals surface area (Å²) in [6, 6.07) is 4.09. The Balaban J connectivity index is 3.23. The Kier molecular flexibility index (Phi) is 3.22. The molecule has 15 heavy (non-hydrogen) atoms. The molecule has 4 N–H and O–H groups in total. The Morgan fingerprint density at radius 2 is 1.60 bits per heavy atom. The molecule has 1 atom stereocenters. The first-order valence-corrected chi connectivity index (χ1v) is 5.36. The van der Waals surface area contributed by atoms with Gasteiger partial charge in [-0.25, -0.2) is 0 Å². The number of aryl methyl sites for hydroxylation is 1. The van der Waals surface area contributed by atoms with Crippen LogP contribution in [-0.2, 0) is 0 Å². The smallest absolute Gasteiger partial charge is 0.0475 e. The minimum absolute atomic E-state index is 0.114. The first-order valence-electron chi connectivity index (χ1n) is 5.36. The molecule has 0 aliphatic carbocycles. The maximum absolute atomic E-state index is 6.17. The van der Waals surface area contributed by atoms with Crippen LogP contribution in [0.1, 0.15) is 42.1 Å². The normalized spacial score (nSPS) is 14.1. The fourth-order valence-corrected chi connectivity index (χ4v) is 1.71. The standard InChI is InChI=1S/C13H22N2/c1-8-6-7-11(10(3)9(8)2)12(14)13(4,5)15/h6-7,12H,14-15H2,1-5H3. The minimum atomic E-state index is -0.382. The lowest BCUT2D eigenvalue weighted by molar-refractivity contribution is 0.419. The van der Waals surface area contributed by atoms with Gasteiger partial charge in [0.05, 0.1) is 0 Å². The van der Waals surface area contributed by atoms with Gasteiger partial charge in [-0.1, -0.05) is 12.1 Å². The second-order valence-electron chi connectivity index (χ2n) is 5.02. The van der Waals surface area contributed by atoms with Gasteiger partial charge >= 0.3 is 0 Å². The molecule has 1 aromatic rings. The van der Waals surface area contributed by atoms with Gasteiger partial charge < -0.3 is 11.5 Å². The highest BCUT2D eigenvalue weighted by Gasteiger charge is 2.24. The molecule has 84 valence electrons. The fourth-order valence-electron chi connectivity index (χ4n) is 1.71. The predicted molar refractivity (Wildman–Crippen MR) is 65.8 cm³/mol. The minimum Gasteiger partial charge on any atom is -0.324 e. The van der Waals surface area contributed by atoms with Crippen LogP contribution in [0.4, 0.5) is 0 Å². The summed E-state index contributed by atoms with van der Waals surface area (Å²) in [6.07, 6.45) is 0. The molecule has 0 radical (unpaired) electrons. The maximum Gasteiger partial charge on any atom is 0.0475 e. The van der Waals surface area contributed by atoms with E-state index in [0.717, 1.165) is 5.56 Å². The highest BCUT2D eigenvalue weighted by molar-refractivity contribution is 5.41. The van der Waals surface area contributed by atoms with E-state index in [9.17, 15) is 0 Å². The van der Waals surface area contributed by atoms with E-state index < -0.39 is 0 Å². The third-order valence-corrected chi connectivity index (χ3v) is 3.24. The summed E-state index contributed by atoms with van der Waals surface area (Å²) in [6.45, 7) is 10.3. The van der Waals surface area contributed by atoms with E-state index in [0.29, 0.717) is 0 Å². The van der Waals surface area contributed by atoms with Crippen LogP contribution in [0.5, 0.6) is 0 Å². The third-order valence-electron chi connectivity index (χ3n) is 3.24. The van der Waals surface area contributed by atoms with Gasteiger partial charge in [-0.15, -0.1) is 0 Å². The SMILES string of the molecule is Cc1ccc(C(N)C(C)(C)N)c(C)c1C. The van der Waals surface area contributed by atoms with Gasteiger partial charge in [-0.05, 0) is 56.9 Å². The van der Waals surface area contributed by atoms with E-state index in [1.54, 1.807) is 0 Å². The van der Waals surface area contributed by atoms with Crippen molar-refractivity contribution in [2.75, 3.05) is 0 Å². The van der Waals surface area contributed by atoms with Crippen LogP contribution in [0.15, 0.2) is 12.1 Å². The Morgan fingerprint density at radius 3 is 2.07 bits per heavy atom. The second kappa shape index (κ2) is 3.95. The summed E-state index contributed by atoms with van der Waals surface area (Å²) in [5, 5.41) is 0. The van der Waals surface area contributed by atoms with E-state index in [-0.39, 0.29) is 11.6 Å². The molecule has 0 amide bonds. The quantitative estimate of drug-likeness (QED) is 0.780. The lowest BCUT2D eigenvalue weighted by atomic mass is 9.86. The van der Waals surface area contributed by atoms with Gasteiger partial charge in [0.15, 0.2) is 0 Å². The zero-order chi connectivity index (χ0) is 11.8. The van der Waals surface area contributed by atoms with Gasteiger partial charge in [0, 0.05) is 11.6 Å². The highest BCUT2D eigenvalue weighted by Crippen LogP contribution is 2.26. The van der Waals surface area contributed by atoms with Crippen molar-refractivity contribution in [3.8, 4) is 0 Å². The lowest BCUT2D eigenvalue weighted by Crippen LogP contribution is -2.44. The Hall–Kier alpha value is -0.860. The fraction of sp³-hybridized carbons (Fsp3) is 0.538. The predicted octanol–water partition coefficient (Wildman–Crippen LogP) is 2.35. The monoisotopic (exact) mass is 206 g/mol. The van der Waals surface area contributed by atoms with Crippen molar-refractivity contribution in [1.29, 1.82) is 0 Å². The second-order valence-corrected chi connectivity index (χ2v) is 5.02. The molecular formula is C13H22N2. The first kappa shape index (κ1) is 12.2. The van der Waals surface area contributed by atoms with Crippen molar-refractivity contribution in [3.63, 3.8) is 0 Å². The van der Waals surface area contributed by atoms with Crippen molar-refractivity contribution >= 4 is 0 Å². The van der Waals surface area contributed by atoms with Crippen molar-refractivity contribution < 1.29 is 0 Å². The summed E-state index contributed by atoms with van der Waals surface area (Å²) < 4.78 is 0. The van der Waals surface area contributed by atoms with Gasteiger partial charge in [-0.2, -0.15) is 0 Å². The average molecular weight is 206 g/mol. The molecule has 2 nitrogen and oxygen atoms in total. The Labute approximate surface area is 92.7 Å². The molecule has 0 fully saturated rings. The molecule has 0 bridgehead atoms. The van der Waals surface area contributed by atoms with Crippen LogP contribution in [0.2, 0.25) is 0 Å². The number of hydrogen-bond acceptors (Lipinski definition) is 2.